The number of hydrogen-bond acceptors (Lipinski definition) is 3. The summed E-state index contributed by atoms with van der Waals surface area (Å²) in [5.74, 6) is 0.0251. The van der Waals surface area contributed by atoms with Crippen molar-refractivity contribution >= 4 is 0 Å². The molecule has 2 rings (SSSR count). The second kappa shape index (κ2) is 2.31. The maximum Gasteiger partial charge on any atom is 0.122 e. The van der Waals surface area contributed by atoms with Crippen LogP contribution in [0.4, 0.5) is 0 Å². The molecule has 2 N–H and O–H groups in total. The van der Waals surface area contributed by atoms with E-state index in [1.807, 2.05) is 6.92 Å². The third-order valence-corrected chi connectivity index (χ3v) is 3.07. The fraction of sp³-hybridized carbons (Fsp3) is 0.778. The van der Waals surface area contributed by atoms with Crippen LogP contribution in [0.25, 0.3) is 0 Å². The van der Waals surface area contributed by atoms with Crippen molar-refractivity contribution < 1.29 is 14.9 Å². The van der Waals surface area contributed by atoms with Gasteiger partial charge in [-0.2, -0.15) is 0 Å². The van der Waals surface area contributed by atoms with Crippen LogP contribution in [0.3, 0.4) is 0 Å². The molecule has 1 saturated heterocycles. The lowest BCUT2D eigenvalue weighted by atomic mass is 9.97. The Kier molecular flexibility index (Phi) is 1.59. The molecule has 0 aromatic carbocycles. The highest BCUT2D eigenvalue weighted by Gasteiger charge is 2.59. The van der Waals surface area contributed by atoms with Crippen LogP contribution in [0, 0.1) is 5.92 Å². The fourth-order valence-electron chi connectivity index (χ4n) is 2.49. The zero-order chi connectivity index (χ0) is 8.93. The van der Waals surface area contributed by atoms with Gasteiger partial charge >= 0.3 is 0 Å². The molecule has 3 heteroatoms. The molecule has 2 aliphatic rings. The maximum atomic E-state index is 9.77. The van der Waals surface area contributed by atoms with E-state index in [4.69, 9.17) is 9.84 Å². The minimum Gasteiger partial charge on any atom is -0.393 e. The molecule has 0 unspecified atom stereocenters. The Hall–Kier alpha value is -0.380. The van der Waals surface area contributed by atoms with Crippen molar-refractivity contribution in [3.63, 3.8) is 0 Å². The van der Waals surface area contributed by atoms with E-state index in [1.54, 1.807) is 0 Å². The van der Waals surface area contributed by atoms with Crippen LogP contribution in [0.15, 0.2) is 12.2 Å². The van der Waals surface area contributed by atoms with Gasteiger partial charge in [0.1, 0.15) is 5.60 Å². The molecular weight excluding hydrogens is 156 g/mol. The minimum absolute atomic E-state index is 0.00611. The van der Waals surface area contributed by atoms with Gasteiger partial charge in [-0.1, -0.05) is 12.2 Å². The van der Waals surface area contributed by atoms with E-state index in [-0.39, 0.29) is 18.6 Å². The van der Waals surface area contributed by atoms with E-state index in [0.29, 0.717) is 6.42 Å². The summed E-state index contributed by atoms with van der Waals surface area (Å²) >= 11 is 0. The first-order valence-corrected chi connectivity index (χ1v) is 4.25. The number of hydrogen-bond donors (Lipinski definition) is 2. The first kappa shape index (κ1) is 8.23. The molecule has 0 radical (unpaired) electrons. The Labute approximate surface area is 71.7 Å². The van der Waals surface area contributed by atoms with Crippen LogP contribution in [-0.4, -0.2) is 34.6 Å². The number of rotatable bonds is 1. The molecule has 2 bridgehead atoms. The summed E-state index contributed by atoms with van der Waals surface area (Å²) in [6.45, 7) is 5.67. The Bertz CT molecular complexity index is 226. The van der Waals surface area contributed by atoms with Gasteiger partial charge in [0.15, 0.2) is 0 Å². The lowest BCUT2D eigenvalue weighted by Gasteiger charge is -2.28. The molecule has 0 aromatic heterocycles. The number of fused-ring (bicyclic) bond motifs is 2. The third-order valence-electron chi connectivity index (χ3n) is 3.07. The molecule has 1 aliphatic carbocycles. The molecule has 4 atom stereocenters. The van der Waals surface area contributed by atoms with Crippen LogP contribution in [-0.2, 0) is 4.74 Å². The second-order valence-corrected chi connectivity index (χ2v) is 3.85. The molecule has 0 amide bonds. The smallest absolute Gasteiger partial charge is 0.122 e. The van der Waals surface area contributed by atoms with Gasteiger partial charge in [-0.3, -0.25) is 0 Å². The number of aliphatic hydroxyl groups excluding tert-OH is 2. The number of aliphatic hydroxyl groups is 2. The highest BCUT2D eigenvalue weighted by Crippen LogP contribution is 2.50. The molecule has 1 aliphatic heterocycles. The van der Waals surface area contributed by atoms with E-state index >= 15 is 0 Å². The van der Waals surface area contributed by atoms with E-state index in [0.717, 1.165) is 5.57 Å². The second-order valence-electron chi connectivity index (χ2n) is 3.85. The van der Waals surface area contributed by atoms with Crippen molar-refractivity contribution in [2.45, 2.75) is 31.2 Å². The van der Waals surface area contributed by atoms with Crippen molar-refractivity contribution in [1.82, 2.24) is 0 Å². The van der Waals surface area contributed by atoms with E-state index in [2.05, 4.69) is 6.58 Å². The highest BCUT2D eigenvalue weighted by atomic mass is 16.5. The first-order valence-electron chi connectivity index (χ1n) is 4.25. The van der Waals surface area contributed by atoms with Crippen molar-refractivity contribution in [2.75, 3.05) is 6.61 Å². The van der Waals surface area contributed by atoms with E-state index in [9.17, 15) is 5.11 Å². The zero-order valence-electron chi connectivity index (χ0n) is 7.16. The molecule has 68 valence electrons. The molecular formula is C9H14O3. The predicted octanol–water partition coefficient (Wildman–Crippen LogP) is 0.0732. The van der Waals surface area contributed by atoms with Gasteiger partial charge in [0.05, 0.1) is 18.8 Å². The van der Waals surface area contributed by atoms with Gasteiger partial charge < -0.3 is 14.9 Å². The summed E-state index contributed by atoms with van der Waals surface area (Å²) in [6.07, 6.45) is 0.0260. The first-order chi connectivity index (χ1) is 5.60. The van der Waals surface area contributed by atoms with Gasteiger partial charge in [-0.15, -0.1) is 0 Å². The summed E-state index contributed by atoms with van der Waals surface area (Å²) in [7, 11) is 0. The minimum atomic E-state index is -0.735. The van der Waals surface area contributed by atoms with Crippen LogP contribution in [0.2, 0.25) is 0 Å². The molecule has 3 nitrogen and oxygen atoms in total. The van der Waals surface area contributed by atoms with Crippen LogP contribution >= 0.6 is 0 Å². The normalized spacial score (nSPS) is 51.9. The summed E-state index contributed by atoms with van der Waals surface area (Å²) in [4.78, 5) is 0. The van der Waals surface area contributed by atoms with Gasteiger partial charge in [0, 0.05) is 12.3 Å². The topological polar surface area (TPSA) is 49.7 Å². The van der Waals surface area contributed by atoms with Crippen molar-refractivity contribution in [3.05, 3.63) is 12.2 Å². The summed E-state index contributed by atoms with van der Waals surface area (Å²) in [6, 6.07) is 0. The molecule has 1 saturated carbocycles. The van der Waals surface area contributed by atoms with E-state index in [1.165, 1.54) is 0 Å². The lowest BCUT2D eigenvalue weighted by Crippen LogP contribution is -2.40. The Morgan fingerprint density at radius 2 is 2.42 bits per heavy atom. The molecule has 2 fully saturated rings. The van der Waals surface area contributed by atoms with Crippen molar-refractivity contribution in [2.24, 2.45) is 5.92 Å². The third kappa shape index (κ3) is 0.762. The monoisotopic (exact) mass is 170 g/mol. The van der Waals surface area contributed by atoms with Gasteiger partial charge in [0.2, 0.25) is 0 Å². The Morgan fingerprint density at radius 3 is 2.75 bits per heavy atom. The molecule has 12 heavy (non-hydrogen) atoms. The maximum absolute atomic E-state index is 9.77. The lowest BCUT2D eigenvalue weighted by molar-refractivity contribution is -0.106. The fourth-order valence-corrected chi connectivity index (χ4v) is 2.49. The van der Waals surface area contributed by atoms with E-state index < -0.39 is 11.7 Å². The summed E-state index contributed by atoms with van der Waals surface area (Å²) < 4.78 is 5.52. The highest BCUT2D eigenvalue weighted by molar-refractivity contribution is 5.25. The standard InChI is InChI=1S/C9H14O3/c1-5-3-9(4-10)8(11)7(5)6(2)12-9/h6-8,10-11H,1,3-4H2,2H3/t6-,7-,8-,9+/m0/s1. The summed E-state index contributed by atoms with van der Waals surface area (Å²) in [5.41, 5.74) is 0.275. The summed E-state index contributed by atoms with van der Waals surface area (Å²) in [5, 5.41) is 18.9. The van der Waals surface area contributed by atoms with Crippen LogP contribution in [0.1, 0.15) is 13.3 Å². The van der Waals surface area contributed by atoms with Crippen LogP contribution < -0.4 is 0 Å². The average Bonchev–Trinajstić information content (AvgIpc) is 2.37. The van der Waals surface area contributed by atoms with Crippen molar-refractivity contribution in [3.8, 4) is 0 Å². The molecule has 1 heterocycles. The van der Waals surface area contributed by atoms with Gasteiger partial charge in [-0.05, 0) is 6.92 Å². The van der Waals surface area contributed by atoms with Crippen LogP contribution in [0.5, 0.6) is 0 Å². The van der Waals surface area contributed by atoms with Crippen molar-refractivity contribution in [1.29, 1.82) is 0 Å². The predicted molar refractivity (Wildman–Crippen MR) is 43.6 cm³/mol. The molecule has 0 aromatic rings. The number of ether oxygens (including phenoxy) is 1. The molecule has 0 spiro atoms. The largest absolute Gasteiger partial charge is 0.393 e. The van der Waals surface area contributed by atoms with Gasteiger partial charge in [0.25, 0.3) is 0 Å². The average molecular weight is 170 g/mol. The SMILES string of the molecule is C=C1C[C@]2(CO)O[C@@H](C)[C@H]1[C@@H]2O. The van der Waals surface area contributed by atoms with Gasteiger partial charge in [-0.25, -0.2) is 0 Å². The quantitative estimate of drug-likeness (QED) is 0.548. The Balaban J connectivity index is 2.34. The Morgan fingerprint density at radius 1 is 1.75 bits per heavy atom. The zero-order valence-corrected chi connectivity index (χ0v) is 7.16.